The number of hydrogen-bond acceptors (Lipinski definition) is 4. The number of nitrogens with one attached hydrogen (secondary N) is 1. The summed E-state index contributed by atoms with van der Waals surface area (Å²) in [5.41, 5.74) is 4.95. The molecule has 1 N–H and O–H groups in total. The monoisotopic (exact) mass is 272 g/mol. The van der Waals surface area contributed by atoms with E-state index in [1.165, 1.54) is 0 Å². The molecule has 0 aliphatic carbocycles. The average Bonchev–Trinajstić information content (AvgIpc) is 2.42. The zero-order valence-corrected chi connectivity index (χ0v) is 11.2. The Morgan fingerprint density at radius 1 is 1.16 bits per heavy atom. The number of nitrogens with zero attached hydrogens (tertiary/aromatic N) is 3. The highest BCUT2D eigenvalue weighted by molar-refractivity contribution is 6.29. The molecule has 2 aromatic rings. The molecule has 0 fully saturated rings. The Morgan fingerprint density at radius 3 is 2.63 bits per heavy atom. The minimum Gasteiger partial charge on any atom is -0.260 e. The minimum absolute atomic E-state index is 0.356. The van der Waals surface area contributed by atoms with Crippen molar-refractivity contribution >= 4 is 29.7 Å². The molecule has 5 heteroatoms. The van der Waals surface area contributed by atoms with E-state index in [2.05, 4.69) is 20.7 Å². The van der Waals surface area contributed by atoms with Crippen LogP contribution in [-0.2, 0) is 0 Å². The first-order valence-electron chi connectivity index (χ1n) is 5.76. The van der Waals surface area contributed by atoms with Crippen molar-refractivity contribution in [3.05, 3.63) is 58.8 Å². The molecule has 0 amide bonds. The Bertz CT molecular complexity index is 576. The van der Waals surface area contributed by atoms with E-state index in [4.69, 9.17) is 11.6 Å². The summed E-state index contributed by atoms with van der Waals surface area (Å²) in [5.74, 6) is 0.549. The fraction of sp³-hybridized carbons (Fsp3) is 0.0714. The lowest BCUT2D eigenvalue weighted by molar-refractivity contribution is 1.02. The van der Waals surface area contributed by atoms with Crippen molar-refractivity contribution in [1.82, 2.24) is 10.2 Å². The second kappa shape index (κ2) is 6.66. The van der Waals surface area contributed by atoms with Crippen molar-refractivity contribution in [2.45, 2.75) is 6.92 Å². The summed E-state index contributed by atoms with van der Waals surface area (Å²) < 4.78 is 0. The van der Waals surface area contributed by atoms with Crippen LogP contribution < -0.4 is 5.43 Å². The van der Waals surface area contributed by atoms with Crippen LogP contribution in [-0.4, -0.2) is 16.4 Å². The Hall–Kier alpha value is -2.20. The molecular formula is C14H13ClN4. The zero-order chi connectivity index (χ0) is 13.5. The van der Waals surface area contributed by atoms with E-state index in [0.717, 1.165) is 11.1 Å². The SMILES string of the molecule is CC(/C=N/Nc1ccc(Cl)nn1)=C\c1ccccc1. The fourth-order valence-electron chi connectivity index (χ4n) is 1.43. The van der Waals surface area contributed by atoms with Crippen LogP contribution in [0.5, 0.6) is 0 Å². The molecule has 1 aromatic carbocycles. The highest BCUT2D eigenvalue weighted by Gasteiger charge is 1.92. The highest BCUT2D eigenvalue weighted by Crippen LogP contribution is 2.07. The number of allylic oxidation sites excluding steroid dienone is 1. The molecule has 1 aromatic heterocycles. The van der Waals surface area contributed by atoms with E-state index in [1.54, 1.807) is 18.3 Å². The maximum Gasteiger partial charge on any atom is 0.168 e. The zero-order valence-electron chi connectivity index (χ0n) is 10.4. The van der Waals surface area contributed by atoms with E-state index in [0.29, 0.717) is 11.0 Å². The Balaban J connectivity index is 1.95. The first-order chi connectivity index (χ1) is 9.24. The summed E-state index contributed by atoms with van der Waals surface area (Å²) >= 11 is 5.64. The molecule has 0 saturated heterocycles. The van der Waals surface area contributed by atoms with Gasteiger partial charge in [-0.1, -0.05) is 48.0 Å². The number of hydrogen-bond donors (Lipinski definition) is 1. The third kappa shape index (κ3) is 4.52. The van der Waals surface area contributed by atoms with Gasteiger partial charge < -0.3 is 0 Å². The molecule has 0 unspecified atom stereocenters. The molecule has 1 heterocycles. The van der Waals surface area contributed by atoms with Gasteiger partial charge in [0.05, 0.1) is 6.21 Å². The molecule has 0 radical (unpaired) electrons. The molecule has 2 rings (SSSR count). The summed E-state index contributed by atoms with van der Waals surface area (Å²) in [6, 6.07) is 13.4. The topological polar surface area (TPSA) is 50.2 Å². The van der Waals surface area contributed by atoms with E-state index < -0.39 is 0 Å². The van der Waals surface area contributed by atoms with Gasteiger partial charge in [0, 0.05) is 0 Å². The lowest BCUT2D eigenvalue weighted by Gasteiger charge is -1.98. The number of hydrazone groups is 1. The lowest BCUT2D eigenvalue weighted by atomic mass is 10.1. The van der Waals surface area contributed by atoms with Gasteiger partial charge in [-0.25, -0.2) is 0 Å². The summed E-state index contributed by atoms with van der Waals surface area (Å²) in [7, 11) is 0. The van der Waals surface area contributed by atoms with Gasteiger partial charge in [-0.2, -0.15) is 5.10 Å². The van der Waals surface area contributed by atoms with E-state index in [9.17, 15) is 0 Å². The second-order valence-corrected chi connectivity index (χ2v) is 4.30. The van der Waals surface area contributed by atoms with Crippen molar-refractivity contribution < 1.29 is 0 Å². The molecule has 0 aliphatic rings. The van der Waals surface area contributed by atoms with Gasteiger partial charge in [0.15, 0.2) is 11.0 Å². The summed E-state index contributed by atoms with van der Waals surface area (Å²) in [4.78, 5) is 0. The molecule has 0 bridgehead atoms. The minimum atomic E-state index is 0.356. The van der Waals surface area contributed by atoms with E-state index >= 15 is 0 Å². The van der Waals surface area contributed by atoms with Gasteiger partial charge in [0.25, 0.3) is 0 Å². The molecular weight excluding hydrogens is 260 g/mol. The largest absolute Gasteiger partial charge is 0.260 e. The quantitative estimate of drug-likeness (QED) is 0.683. The summed E-state index contributed by atoms with van der Waals surface area (Å²) in [5, 5.41) is 12.0. The predicted octanol–water partition coefficient (Wildman–Crippen LogP) is 3.63. The number of anilines is 1. The van der Waals surface area contributed by atoms with Crippen LogP contribution in [0, 0.1) is 0 Å². The van der Waals surface area contributed by atoms with Crippen molar-refractivity contribution in [3.8, 4) is 0 Å². The van der Waals surface area contributed by atoms with Gasteiger partial charge in [-0.05, 0) is 30.2 Å². The predicted molar refractivity (Wildman–Crippen MR) is 79.2 cm³/mol. The van der Waals surface area contributed by atoms with Crippen LogP contribution in [0.4, 0.5) is 5.82 Å². The maximum atomic E-state index is 5.64. The molecule has 0 spiro atoms. The second-order valence-electron chi connectivity index (χ2n) is 3.91. The number of aromatic nitrogens is 2. The van der Waals surface area contributed by atoms with Gasteiger partial charge in [0.1, 0.15) is 0 Å². The van der Waals surface area contributed by atoms with Crippen molar-refractivity contribution in [3.63, 3.8) is 0 Å². The van der Waals surface area contributed by atoms with E-state index in [-0.39, 0.29) is 0 Å². The molecule has 96 valence electrons. The number of rotatable bonds is 4. The maximum absolute atomic E-state index is 5.64. The molecule has 0 aliphatic heterocycles. The first kappa shape index (κ1) is 13.2. The van der Waals surface area contributed by atoms with Crippen LogP contribution in [0.3, 0.4) is 0 Å². The number of benzene rings is 1. The van der Waals surface area contributed by atoms with E-state index in [1.807, 2.05) is 43.3 Å². The van der Waals surface area contributed by atoms with Crippen LogP contribution in [0.25, 0.3) is 6.08 Å². The molecule has 19 heavy (non-hydrogen) atoms. The van der Waals surface area contributed by atoms with Crippen molar-refractivity contribution in [2.75, 3.05) is 5.43 Å². The molecule has 0 atom stereocenters. The Labute approximate surface area is 116 Å². The molecule has 0 saturated carbocycles. The van der Waals surface area contributed by atoms with Crippen LogP contribution in [0.2, 0.25) is 5.15 Å². The average molecular weight is 273 g/mol. The van der Waals surface area contributed by atoms with Crippen molar-refractivity contribution in [2.24, 2.45) is 5.10 Å². The lowest BCUT2D eigenvalue weighted by Crippen LogP contribution is -1.94. The summed E-state index contributed by atoms with van der Waals surface area (Å²) in [6.45, 7) is 1.98. The molecule has 4 nitrogen and oxygen atoms in total. The van der Waals surface area contributed by atoms with Gasteiger partial charge >= 0.3 is 0 Å². The highest BCUT2D eigenvalue weighted by atomic mass is 35.5. The summed E-state index contributed by atoms with van der Waals surface area (Å²) in [6.07, 6.45) is 3.77. The van der Waals surface area contributed by atoms with Gasteiger partial charge in [-0.3, -0.25) is 5.43 Å². The van der Waals surface area contributed by atoms with Gasteiger partial charge in [-0.15, -0.1) is 10.2 Å². The Morgan fingerprint density at radius 2 is 1.95 bits per heavy atom. The van der Waals surface area contributed by atoms with Gasteiger partial charge in [0.2, 0.25) is 0 Å². The normalized spacial score (nSPS) is 11.8. The number of halogens is 1. The van der Waals surface area contributed by atoms with Crippen molar-refractivity contribution in [1.29, 1.82) is 0 Å². The Kier molecular flexibility index (Phi) is 4.64. The fourth-order valence-corrected chi connectivity index (χ4v) is 1.53. The third-order valence-electron chi connectivity index (χ3n) is 2.27. The van der Waals surface area contributed by atoms with Crippen LogP contribution in [0.15, 0.2) is 53.1 Å². The van der Waals surface area contributed by atoms with Crippen LogP contribution >= 0.6 is 11.6 Å². The standard InChI is InChI=1S/C14H13ClN4/c1-11(9-12-5-3-2-4-6-12)10-16-18-14-8-7-13(15)17-19-14/h2-10H,1H3,(H,18,19)/b11-9+,16-10+. The third-order valence-corrected chi connectivity index (χ3v) is 2.47. The smallest absolute Gasteiger partial charge is 0.168 e. The van der Waals surface area contributed by atoms with Crippen LogP contribution in [0.1, 0.15) is 12.5 Å². The first-order valence-corrected chi connectivity index (χ1v) is 6.13.